The Morgan fingerprint density at radius 1 is 1.11 bits per heavy atom. The second kappa shape index (κ2) is 9.65. The number of hydrogen-bond acceptors (Lipinski definition) is 5. The topological polar surface area (TPSA) is 37.4 Å². The van der Waals surface area contributed by atoms with Crippen LogP contribution in [0, 0.1) is 11.8 Å². The van der Waals surface area contributed by atoms with Crippen molar-refractivity contribution in [2.45, 2.75) is 29.8 Å². The van der Waals surface area contributed by atoms with E-state index in [0.717, 1.165) is 29.7 Å². The Balaban J connectivity index is 1.40. The van der Waals surface area contributed by atoms with Gasteiger partial charge in [-0.15, -0.1) is 6.58 Å². The van der Waals surface area contributed by atoms with Gasteiger partial charge in [0, 0.05) is 29.1 Å². The largest absolute Gasteiger partial charge is 0.497 e. The predicted molar refractivity (Wildman–Crippen MR) is 146 cm³/mol. The van der Waals surface area contributed by atoms with Crippen molar-refractivity contribution in [3.63, 3.8) is 0 Å². The maximum absolute atomic E-state index is 5.58. The van der Waals surface area contributed by atoms with Crippen LogP contribution in [0.1, 0.15) is 24.4 Å². The number of ether oxygens (including phenoxy) is 1. The number of methoxy groups -OCH3 is 1. The van der Waals surface area contributed by atoms with Crippen LogP contribution in [0.5, 0.6) is 5.75 Å². The average Bonchev–Trinajstić information content (AvgIpc) is 2.93. The highest BCUT2D eigenvalue weighted by atomic mass is 32.2. The minimum absolute atomic E-state index is 0.158. The first-order chi connectivity index (χ1) is 17.2. The van der Waals surface area contributed by atoms with Crippen LogP contribution in [0.3, 0.4) is 0 Å². The van der Waals surface area contributed by atoms with Crippen molar-refractivity contribution in [2.24, 2.45) is 11.8 Å². The highest BCUT2D eigenvalue weighted by molar-refractivity contribution is 7.97. The molecule has 5 unspecified atom stereocenters. The lowest BCUT2D eigenvalue weighted by molar-refractivity contribution is 0.00533. The van der Waals surface area contributed by atoms with Gasteiger partial charge in [0.15, 0.2) is 0 Å². The molecule has 1 aromatic heterocycles. The molecule has 7 rings (SSSR count). The van der Waals surface area contributed by atoms with Gasteiger partial charge in [0.2, 0.25) is 0 Å². The van der Waals surface area contributed by atoms with Crippen LogP contribution in [0.4, 0.5) is 0 Å². The van der Waals surface area contributed by atoms with Gasteiger partial charge in [-0.2, -0.15) is 0 Å². The van der Waals surface area contributed by atoms with Gasteiger partial charge in [-0.25, -0.2) is 0 Å². The number of benzene rings is 3. The van der Waals surface area contributed by atoms with E-state index in [4.69, 9.17) is 4.74 Å². The predicted octanol–water partition coefficient (Wildman–Crippen LogP) is 6.63. The van der Waals surface area contributed by atoms with Gasteiger partial charge < -0.3 is 4.74 Å². The number of pyridine rings is 1. The molecule has 3 fully saturated rings. The normalized spacial score (nSPS) is 24.5. The highest BCUT2D eigenvalue weighted by Crippen LogP contribution is 2.43. The molecule has 3 saturated heterocycles. The smallest absolute Gasteiger partial charge is 0.119 e. The maximum atomic E-state index is 5.58. The monoisotopic (exact) mass is 481 g/mol. The van der Waals surface area contributed by atoms with Gasteiger partial charge >= 0.3 is 0 Å². The minimum Gasteiger partial charge on any atom is -0.497 e. The lowest BCUT2D eigenvalue weighted by Gasteiger charge is -2.51. The second-order valence-corrected chi connectivity index (χ2v) is 10.6. The lowest BCUT2D eigenvalue weighted by atomic mass is 9.73. The molecule has 5 heteroatoms. The molecule has 0 amide bonds. The summed E-state index contributed by atoms with van der Waals surface area (Å²) in [6.45, 7) is 6.38. The number of nitrogens with zero attached hydrogens (tertiary/aromatic N) is 2. The summed E-state index contributed by atoms with van der Waals surface area (Å²) in [5.41, 5.74) is 2.29. The van der Waals surface area contributed by atoms with E-state index < -0.39 is 0 Å². The van der Waals surface area contributed by atoms with Gasteiger partial charge in [-0.3, -0.25) is 14.6 Å². The number of nitrogens with one attached hydrogen (secondary N) is 1. The van der Waals surface area contributed by atoms with E-state index in [2.05, 4.69) is 87.9 Å². The van der Waals surface area contributed by atoms with E-state index in [1.807, 2.05) is 12.3 Å². The average molecular weight is 482 g/mol. The number of aromatic nitrogens is 1. The van der Waals surface area contributed by atoms with Crippen LogP contribution < -0.4 is 9.46 Å². The molecule has 0 spiro atoms. The third-order valence-corrected chi connectivity index (χ3v) is 8.85. The highest BCUT2D eigenvalue weighted by Gasteiger charge is 2.42. The molecule has 0 radical (unpaired) electrons. The number of fused-ring (bicyclic) bond motifs is 5. The molecule has 4 heterocycles. The van der Waals surface area contributed by atoms with Gasteiger partial charge in [0.1, 0.15) is 5.75 Å². The summed E-state index contributed by atoms with van der Waals surface area (Å²) in [5.74, 6) is 2.17. The van der Waals surface area contributed by atoms with Crippen LogP contribution in [0.15, 0.2) is 90.5 Å². The Morgan fingerprint density at radius 2 is 2.00 bits per heavy atom. The van der Waals surface area contributed by atoms with E-state index in [1.54, 1.807) is 19.1 Å². The summed E-state index contributed by atoms with van der Waals surface area (Å²) in [4.78, 5) is 8.59. The van der Waals surface area contributed by atoms with Crippen molar-refractivity contribution in [3.05, 3.63) is 91.1 Å². The van der Waals surface area contributed by atoms with Crippen LogP contribution >= 0.6 is 11.9 Å². The van der Waals surface area contributed by atoms with Crippen LogP contribution in [-0.2, 0) is 0 Å². The van der Waals surface area contributed by atoms with Gasteiger partial charge in [-0.05, 0) is 89.8 Å². The van der Waals surface area contributed by atoms with Crippen LogP contribution in [0.2, 0.25) is 0 Å². The first-order valence-corrected chi connectivity index (χ1v) is 13.3. The molecule has 5 atom stereocenters. The van der Waals surface area contributed by atoms with Gasteiger partial charge in [-0.1, -0.05) is 42.5 Å². The first kappa shape index (κ1) is 22.6. The Bertz CT molecular complexity index is 1370. The fourth-order valence-corrected chi connectivity index (χ4v) is 7.01. The Kier molecular flexibility index (Phi) is 6.23. The molecular weight excluding hydrogens is 450 g/mol. The number of rotatable bonds is 7. The van der Waals surface area contributed by atoms with Gasteiger partial charge in [0.05, 0.1) is 18.7 Å². The summed E-state index contributed by atoms with van der Waals surface area (Å²) in [5, 5.41) is 3.71. The maximum Gasteiger partial charge on any atom is 0.119 e. The van der Waals surface area contributed by atoms with E-state index in [-0.39, 0.29) is 6.04 Å². The molecule has 35 heavy (non-hydrogen) atoms. The zero-order valence-electron chi connectivity index (χ0n) is 20.1. The molecule has 2 bridgehead atoms. The van der Waals surface area contributed by atoms with Crippen molar-refractivity contribution in [2.75, 3.05) is 20.2 Å². The van der Waals surface area contributed by atoms with Crippen molar-refractivity contribution < 1.29 is 4.74 Å². The fourth-order valence-electron chi connectivity index (χ4n) is 6.03. The zero-order chi connectivity index (χ0) is 23.8. The molecule has 3 aliphatic heterocycles. The molecular formula is C30H31N3OS. The van der Waals surface area contributed by atoms with Crippen LogP contribution in [0.25, 0.3) is 21.7 Å². The quantitative estimate of drug-likeness (QED) is 0.237. The summed E-state index contributed by atoms with van der Waals surface area (Å²) >= 11 is 1.75. The molecule has 4 aromatic rings. The van der Waals surface area contributed by atoms with E-state index >= 15 is 0 Å². The molecule has 1 N–H and O–H groups in total. The summed E-state index contributed by atoms with van der Waals surface area (Å²) in [7, 11) is 1.73. The van der Waals surface area contributed by atoms with Gasteiger partial charge in [0.25, 0.3) is 0 Å². The second-order valence-electron chi connectivity index (χ2n) is 9.70. The summed E-state index contributed by atoms with van der Waals surface area (Å²) < 4.78 is 9.53. The standard InChI is InChI=1S/C30H31N3OS/c1-3-20-19-33-16-14-22(20)17-28(33)30(25-13-15-31-27-12-11-23(34-2)18-26(25)27)32-35-29-10-6-8-21-7-4-5-9-24(21)29/h3-13,15,18,20,22,28,30,32H,1,14,16-17,19H2,2H3. The number of piperidine rings is 3. The Morgan fingerprint density at radius 3 is 2.83 bits per heavy atom. The third kappa shape index (κ3) is 4.22. The van der Waals surface area contributed by atoms with Crippen molar-refractivity contribution in [1.82, 2.24) is 14.6 Å². The van der Waals surface area contributed by atoms with E-state index in [9.17, 15) is 0 Å². The minimum atomic E-state index is 0.158. The lowest BCUT2D eigenvalue weighted by Crippen LogP contribution is -2.56. The summed E-state index contributed by atoms with van der Waals surface area (Å²) in [6.07, 6.45) is 6.57. The Hall–Kier alpha value is -2.86. The SMILES string of the molecule is C=CC1CN2CCC1CC2C(NSc1cccc2ccccc12)c1ccnc2ccc(OC)cc12. The molecule has 0 saturated carbocycles. The van der Waals surface area contributed by atoms with E-state index in [0.29, 0.717) is 17.9 Å². The zero-order valence-corrected chi connectivity index (χ0v) is 20.9. The molecule has 0 aliphatic carbocycles. The van der Waals surface area contributed by atoms with E-state index in [1.165, 1.54) is 34.1 Å². The first-order valence-electron chi connectivity index (χ1n) is 12.4. The fraction of sp³-hybridized carbons (Fsp3) is 0.300. The molecule has 3 aliphatic rings. The molecule has 3 aromatic carbocycles. The Labute approximate surface area is 211 Å². The summed E-state index contributed by atoms with van der Waals surface area (Å²) in [6, 6.07) is 24.1. The molecule has 4 nitrogen and oxygen atoms in total. The number of hydrogen-bond donors (Lipinski definition) is 1. The van der Waals surface area contributed by atoms with Crippen molar-refractivity contribution >= 4 is 33.6 Å². The van der Waals surface area contributed by atoms with Crippen LogP contribution in [-0.4, -0.2) is 36.1 Å². The van der Waals surface area contributed by atoms with Crippen molar-refractivity contribution in [1.29, 1.82) is 0 Å². The third-order valence-electron chi connectivity index (χ3n) is 7.90. The van der Waals surface area contributed by atoms with Crippen molar-refractivity contribution in [3.8, 4) is 5.75 Å². The molecule has 178 valence electrons.